The van der Waals surface area contributed by atoms with E-state index in [1.54, 1.807) is 18.2 Å². The quantitative estimate of drug-likeness (QED) is 0.0958. The summed E-state index contributed by atoms with van der Waals surface area (Å²) in [5.41, 5.74) is 3.07. The highest BCUT2D eigenvalue weighted by Gasteiger charge is 2.05. The number of benzene rings is 3. The summed E-state index contributed by atoms with van der Waals surface area (Å²) >= 11 is 51.0. The third-order valence-electron chi connectivity index (χ3n) is 7.18. The summed E-state index contributed by atoms with van der Waals surface area (Å²) in [6, 6.07) is 16.4. The highest BCUT2D eigenvalue weighted by Crippen LogP contribution is 2.24. The van der Waals surface area contributed by atoms with Crippen molar-refractivity contribution in [1.82, 2.24) is 10.2 Å². The summed E-state index contributed by atoms with van der Waals surface area (Å²) in [6.45, 7) is 8.39. The summed E-state index contributed by atoms with van der Waals surface area (Å²) < 4.78 is 11.0. The van der Waals surface area contributed by atoms with E-state index in [0.29, 0.717) is 74.0 Å². The van der Waals surface area contributed by atoms with Crippen LogP contribution in [0, 0.1) is 0 Å². The number of aliphatic hydroxyl groups excluding tert-OH is 1. The molecule has 0 spiro atoms. The van der Waals surface area contributed by atoms with Crippen LogP contribution in [-0.2, 0) is 28.6 Å². The zero-order chi connectivity index (χ0) is 39.8. The van der Waals surface area contributed by atoms with Gasteiger partial charge in [-0.3, -0.25) is 4.90 Å². The zero-order valence-electron chi connectivity index (χ0n) is 30.3. The third-order valence-corrected chi connectivity index (χ3v) is 10.2. The Morgan fingerprint density at radius 1 is 0.593 bits per heavy atom. The van der Waals surface area contributed by atoms with E-state index in [0.717, 1.165) is 62.3 Å². The lowest BCUT2D eigenvalue weighted by atomic mass is 10.2. The fourth-order valence-electron chi connectivity index (χ4n) is 4.33. The molecule has 3 aromatic carbocycles. The molecule has 0 aromatic heterocycles. The van der Waals surface area contributed by atoms with Gasteiger partial charge >= 0.3 is 0 Å². The predicted octanol–water partition coefficient (Wildman–Crippen LogP) is 13.2. The van der Waals surface area contributed by atoms with Gasteiger partial charge in [0.15, 0.2) is 0 Å². The Morgan fingerprint density at radius 3 is 1.48 bits per heavy atom. The van der Waals surface area contributed by atoms with Gasteiger partial charge < -0.3 is 19.9 Å². The maximum absolute atomic E-state index is 7.98. The van der Waals surface area contributed by atoms with Crippen LogP contribution in [0.25, 0.3) is 0 Å². The van der Waals surface area contributed by atoms with Crippen molar-refractivity contribution in [2.24, 2.45) is 0 Å². The van der Waals surface area contributed by atoms with Gasteiger partial charge in [-0.15, -0.1) is 34.8 Å². The van der Waals surface area contributed by atoms with Crippen molar-refractivity contribution in [3.05, 3.63) is 126 Å². The predicted molar refractivity (Wildman–Crippen MR) is 237 cm³/mol. The molecule has 14 heteroatoms. The molecule has 5 nitrogen and oxygen atoms in total. The molecule has 0 atom stereocenters. The minimum absolute atomic E-state index is 0.212. The van der Waals surface area contributed by atoms with Gasteiger partial charge in [0.1, 0.15) is 0 Å². The van der Waals surface area contributed by atoms with E-state index in [1.807, 2.05) is 36.4 Å². The van der Waals surface area contributed by atoms with Crippen LogP contribution in [0.3, 0.4) is 0 Å². The minimum Gasteiger partial charge on any atom is -0.396 e. The fraction of sp³-hybridized carbons (Fsp3) is 0.450. The van der Waals surface area contributed by atoms with Crippen LogP contribution < -0.4 is 5.32 Å². The summed E-state index contributed by atoms with van der Waals surface area (Å²) in [7, 11) is 0. The van der Waals surface area contributed by atoms with Gasteiger partial charge in [0.05, 0.1) is 43.3 Å². The van der Waals surface area contributed by atoms with E-state index >= 15 is 0 Å². The SMILES string of the molecule is C1=CCNCC1.ClCCCOCc1ccc(Cl)c(Cl)c1.ClCc1ccc(Cl)c(Cl)c1.Clc1ccc(COCCCN2CC=CCC2)cc1Cl.OCCCCl. The van der Waals surface area contributed by atoms with E-state index in [9.17, 15) is 0 Å². The molecule has 2 N–H and O–H groups in total. The first kappa shape index (κ1) is 51.6. The molecule has 0 bridgehead atoms. The highest BCUT2D eigenvalue weighted by molar-refractivity contribution is 6.43. The van der Waals surface area contributed by atoms with Crippen LogP contribution in [0.4, 0.5) is 0 Å². The summed E-state index contributed by atoms with van der Waals surface area (Å²) in [6.07, 6.45) is 13.9. The molecule has 302 valence electrons. The average molecular weight is 927 g/mol. The van der Waals surface area contributed by atoms with Crippen LogP contribution in [0.2, 0.25) is 30.1 Å². The van der Waals surface area contributed by atoms with Crippen molar-refractivity contribution in [3.8, 4) is 0 Å². The van der Waals surface area contributed by atoms with E-state index in [2.05, 4.69) is 34.5 Å². The molecular weight excluding hydrogens is 876 g/mol. The first-order valence-corrected chi connectivity index (χ1v) is 21.5. The normalized spacial score (nSPS) is 13.3. The van der Waals surface area contributed by atoms with Gasteiger partial charge in [-0.05, 0) is 91.7 Å². The van der Waals surface area contributed by atoms with Crippen LogP contribution >= 0.6 is 104 Å². The van der Waals surface area contributed by atoms with Crippen LogP contribution in [-0.4, -0.2) is 74.3 Å². The van der Waals surface area contributed by atoms with Crippen molar-refractivity contribution >= 4 is 104 Å². The number of hydrogen-bond donors (Lipinski definition) is 2. The number of nitrogens with one attached hydrogen (secondary N) is 1. The Bertz CT molecular complexity index is 1450. The lowest BCUT2D eigenvalue weighted by Gasteiger charge is -2.22. The topological polar surface area (TPSA) is 54.0 Å². The molecule has 0 saturated heterocycles. The van der Waals surface area contributed by atoms with Gasteiger partial charge in [0, 0.05) is 63.6 Å². The zero-order valence-corrected chi connectivity index (χ0v) is 37.1. The first-order valence-electron chi connectivity index (χ1n) is 17.6. The standard InChI is InChI=1S/C15H19Cl2NO.C10H11Cl3O.C7H5Cl3.C5H9N.C3H7ClO/c16-14-6-5-13(11-15(14)17)12-19-10-4-9-18-7-2-1-3-8-18;11-4-1-5-14-7-8-2-3-9(12)10(13)6-8;8-4-5-1-2-6(9)7(10)3-5;1-2-4-6-5-3-1;4-2-1-3-5/h1-2,5-6,11H,3-4,7-10,12H2;2-3,6H,1,4-5,7H2;1-3H,4H2;1-2,6H,3-5H2;5H,1-3H2. The Morgan fingerprint density at radius 2 is 1.11 bits per heavy atom. The molecule has 2 aliphatic rings. The van der Waals surface area contributed by atoms with Gasteiger partial charge in [0.25, 0.3) is 0 Å². The van der Waals surface area contributed by atoms with Gasteiger partial charge in [-0.25, -0.2) is 0 Å². The molecule has 0 aliphatic carbocycles. The molecule has 3 aromatic rings. The number of ether oxygens (including phenoxy) is 2. The molecular formula is C40H51Cl9N2O3. The monoisotopic (exact) mass is 922 g/mol. The fourth-order valence-corrected chi connectivity index (χ4v) is 5.69. The van der Waals surface area contributed by atoms with E-state index in [1.165, 1.54) is 19.4 Å². The van der Waals surface area contributed by atoms with E-state index in [4.69, 9.17) is 119 Å². The van der Waals surface area contributed by atoms with Crippen LogP contribution in [0.5, 0.6) is 0 Å². The lowest BCUT2D eigenvalue weighted by molar-refractivity contribution is 0.109. The third kappa shape index (κ3) is 26.5. The second-order valence-corrected chi connectivity index (χ2v) is 15.1. The minimum atomic E-state index is 0.212. The highest BCUT2D eigenvalue weighted by atomic mass is 35.5. The van der Waals surface area contributed by atoms with Crippen molar-refractivity contribution in [2.45, 2.75) is 51.2 Å². The Hall–Kier alpha value is -0.450. The second kappa shape index (κ2) is 34.6. The van der Waals surface area contributed by atoms with E-state index < -0.39 is 0 Å². The molecule has 0 amide bonds. The lowest BCUT2D eigenvalue weighted by Crippen LogP contribution is -2.28. The number of nitrogens with zero attached hydrogens (tertiary/aromatic N) is 1. The molecule has 2 heterocycles. The van der Waals surface area contributed by atoms with Crippen molar-refractivity contribution in [3.63, 3.8) is 0 Å². The summed E-state index contributed by atoms with van der Waals surface area (Å²) in [5.74, 6) is 1.66. The number of rotatable bonds is 14. The molecule has 0 radical (unpaired) electrons. The first-order chi connectivity index (χ1) is 26.1. The molecule has 2 aliphatic heterocycles. The Kier molecular flexibility index (Phi) is 33.0. The average Bonchev–Trinajstić information content (AvgIpc) is 3.19. The number of aliphatic hydroxyl groups is 1. The largest absolute Gasteiger partial charge is 0.396 e. The maximum atomic E-state index is 7.98. The maximum Gasteiger partial charge on any atom is 0.0717 e. The molecule has 0 saturated carbocycles. The van der Waals surface area contributed by atoms with Crippen molar-refractivity contribution in [2.75, 3.05) is 64.3 Å². The van der Waals surface area contributed by atoms with Gasteiger partial charge in [0.2, 0.25) is 0 Å². The number of hydrogen-bond acceptors (Lipinski definition) is 5. The summed E-state index contributed by atoms with van der Waals surface area (Å²) in [5, 5.41) is 14.6. The van der Waals surface area contributed by atoms with Gasteiger partial charge in [-0.1, -0.05) is 112 Å². The number of halogens is 9. The van der Waals surface area contributed by atoms with Crippen molar-refractivity contribution in [1.29, 1.82) is 0 Å². The van der Waals surface area contributed by atoms with E-state index in [-0.39, 0.29) is 6.61 Å². The molecule has 0 unspecified atom stereocenters. The molecule has 0 fully saturated rings. The Labute approximate surface area is 367 Å². The van der Waals surface area contributed by atoms with Crippen LogP contribution in [0.15, 0.2) is 78.9 Å². The second-order valence-electron chi connectivity index (χ2n) is 11.7. The number of alkyl halides is 3. The summed E-state index contributed by atoms with van der Waals surface area (Å²) in [4.78, 5) is 2.45. The molecule has 5 rings (SSSR count). The van der Waals surface area contributed by atoms with Gasteiger partial charge in [-0.2, -0.15) is 0 Å². The Balaban J connectivity index is 0.000000366. The smallest absolute Gasteiger partial charge is 0.0717 e. The van der Waals surface area contributed by atoms with Crippen molar-refractivity contribution < 1.29 is 14.6 Å². The van der Waals surface area contributed by atoms with Crippen LogP contribution in [0.1, 0.15) is 48.8 Å². The molecule has 54 heavy (non-hydrogen) atoms.